The van der Waals surface area contributed by atoms with E-state index in [0.29, 0.717) is 38.8 Å². The van der Waals surface area contributed by atoms with Crippen LogP contribution in [0.2, 0.25) is 15.1 Å². The minimum absolute atomic E-state index is 0.334. The highest BCUT2D eigenvalue weighted by Gasteiger charge is 2.15. The van der Waals surface area contributed by atoms with Gasteiger partial charge in [0, 0.05) is 28.7 Å². The second-order valence-electron chi connectivity index (χ2n) is 5.09. The van der Waals surface area contributed by atoms with E-state index in [2.05, 4.69) is 19.2 Å². The fourth-order valence-electron chi connectivity index (χ4n) is 2.00. The summed E-state index contributed by atoms with van der Waals surface area (Å²) in [7, 11) is 0. The molecule has 0 saturated carbocycles. The third-order valence-corrected chi connectivity index (χ3v) is 3.84. The van der Waals surface area contributed by atoms with Crippen LogP contribution < -0.4 is 5.32 Å². The van der Waals surface area contributed by atoms with Crippen molar-refractivity contribution in [3.63, 3.8) is 0 Å². The number of nitrogens with one attached hydrogen (secondary N) is 1. The molecule has 2 aromatic carbocycles. The van der Waals surface area contributed by atoms with Crippen LogP contribution in [0.3, 0.4) is 0 Å². The first-order valence-corrected chi connectivity index (χ1v) is 7.68. The molecule has 5 heteroatoms. The van der Waals surface area contributed by atoms with Crippen LogP contribution in [0.1, 0.15) is 19.4 Å². The van der Waals surface area contributed by atoms with Gasteiger partial charge in [0.05, 0.1) is 10.0 Å². The molecule has 0 fully saturated rings. The Morgan fingerprint density at radius 3 is 2.24 bits per heavy atom. The van der Waals surface area contributed by atoms with Gasteiger partial charge in [-0.3, -0.25) is 0 Å². The van der Waals surface area contributed by atoms with Gasteiger partial charge in [-0.05, 0) is 29.8 Å². The van der Waals surface area contributed by atoms with Crippen LogP contribution in [-0.4, -0.2) is 6.04 Å². The molecule has 0 aliphatic carbocycles. The smallest absolute Gasteiger partial charge is 0.131 e. The lowest BCUT2D eigenvalue weighted by molar-refractivity contribution is 0.586. The van der Waals surface area contributed by atoms with E-state index >= 15 is 0 Å². The predicted octanol–water partition coefficient (Wildman–Crippen LogP) is 5.95. The van der Waals surface area contributed by atoms with E-state index in [1.54, 1.807) is 24.3 Å². The van der Waals surface area contributed by atoms with Crippen molar-refractivity contribution in [1.82, 2.24) is 5.32 Å². The molecule has 0 radical (unpaired) electrons. The summed E-state index contributed by atoms with van der Waals surface area (Å²) in [6.45, 7) is 4.75. The van der Waals surface area contributed by atoms with Crippen molar-refractivity contribution in [2.45, 2.75) is 26.4 Å². The number of hydrogen-bond acceptors (Lipinski definition) is 1. The van der Waals surface area contributed by atoms with Crippen LogP contribution in [0.15, 0.2) is 30.3 Å². The molecule has 0 atom stereocenters. The summed E-state index contributed by atoms with van der Waals surface area (Å²) in [5.74, 6) is -0.366. The van der Waals surface area contributed by atoms with Crippen LogP contribution in [0.4, 0.5) is 4.39 Å². The Labute approximate surface area is 139 Å². The average Bonchev–Trinajstić information content (AvgIpc) is 2.38. The van der Waals surface area contributed by atoms with Gasteiger partial charge in [0.15, 0.2) is 0 Å². The third-order valence-electron chi connectivity index (χ3n) is 3.02. The molecule has 0 aliphatic rings. The molecular formula is C16H15Cl3FN. The fraction of sp³-hybridized carbons (Fsp3) is 0.250. The van der Waals surface area contributed by atoms with Gasteiger partial charge in [0.25, 0.3) is 0 Å². The molecule has 0 spiro atoms. The van der Waals surface area contributed by atoms with Crippen molar-refractivity contribution < 1.29 is 4.39 Å². The topological polar surface area (TPSA) is 12.0 Å². The minimum Gasteiger partial charge on any atom is -0.310 e. The maximum atomic E-state index is 14.1. The van der Waals surface area contributed by atoms with E-state index in [1.165, 1.54) is 6.07 Å². The van der Waals surface area contributed by atoms with Gasteiger partial charge in [-0.15, -0.1) is 0 Å². The molecular weight excluding hydrogens is 332 g/mol. The van der Waals surface area contributed by atoms with E-state index in [4.69, 9.17) is 34.8 Å². The van der Waals surface area contributed by atoms with E-state index in [-0.39, 0.29) is 5.82 Å². The van der Waals surface area contributed by atoms with Gasteiger partial charge in [-0.1, -0.05) is 54.7 Å². The van der Waals surface area contributed by atoms with Crippen molar-refractivity contribution in [3.8, 4) is 11.1 Å². The molecule has 0 amide bonds. The highest BCUT2D eigenvalue weighted by Crippen LogP contribution is 2.38. The molecule has 0 aliphatic heterocycles. The van der Waals surface area contributed by atoms with Gasteiger partial charge in [-0.25, -0.2) is 4.39 Å². The largest absolute Gasteiger partial charge is 0.310 e. The lowest BCUT2D eigenvalue weighted by Gasteiger charge is -2.13. The van der Waals surface area contributed by atoms with Crippen molar-refractivity contribution in [2.24, 2.45) is 0 Å². The standard InChI is InChI=1S/C16H15Cl3FN/c1-9(2)21-8-10-3-4-15(20)12(5-10)16-13(18)6-11(17)7-14(16)19/h3-7,9,21H,8H2,1-2H3. The second kappa shape index (κ2) is 6.97. The van der Waals surface area contributed by atoms with Crippen LogP contribution in [0.25, 0.3) is 11.1 Å². The Bertz CT molecular complexity index is 633. The zero-order valence-corrected chi connectivity index (χ0v) is 14.0. The van der Waals surface area contributed by atoms with Crippen molar-refractivity contribution >= 4 is 34.8 Å². The Balaban J connectivity index is 2.46. The molecule has 0 saturated heterocycles. The summed E-state index contributed by atoms with van der Waals surface area (Å²) in [4.78, 5) is 0. The molecule has 112 valence electrons. The van der Waals surface area contributed by atoms with Crippen LogP contribution >= 0.6 is 34.8 Å². The first-order valence-electron chi connectivity index (χ1n) is 6.55. The number of benzene rings is 2. The highest BCUT2D eigenvalue weighted by molar-refractivity contribution is 6.41. The second-order valence-corrected chi connectivity index (χ2v) is 6.35. The molecule has 1 nitrogen and oxygen atoms in total. The fourth-order valence-corrected chi connectivity index (χ4v) is 3.02. The lowest BCUT2D eigenvalue weighted by atomic mass is 10.0. The summed E-state index contributed by atoms with van der Waals surface area (Å²) in [6, 6.07) is 8.39. The van der Waals surface area contributed by atoms with E-state index < -0.39 is 0 Å². The lowest BCUT2D eigenvalue weighted by Crippen LogP contribution is -2.21. The molecule has 21 heavy (non-hydrogen) atoms. The first-order chi connectivity index (χ1) is 9.88. The molecule has 0 heterocycles. The Morgan fingerprint density at radius 2 is 1.67 bits per heavy atom. The van der Waals surface area contributed by atoms with E-state index in [0.717, 1.165) is 5.56 Å². The zero-order chi connectivity index (χ0) is 15.6. The predicted molar refractivity (Wildman–Crippen MR) is 88.8 cm³/mol. The molecule has 2 rings (SSSR count). The first kappa shape index (κ1) is 16.6. The van der Waals surface area contributed by atoms with Crippen molar-refractivity contribution in [2.75, 3.05) is 0 Å². The normalized spacial score (nSPS) is 11.2. The Morgan fingerprint density at radius 1 is 1.05 bits per heavy atom. The Hall–Kier alpha value is -0.800. The van der Waals surface area contributed by atoms with Gasteiger partial charge < -0.3 is 5.32 Å². The Kier molecular flexibility index (Phi) is 5.50. The van der Waals surface area contributed by atoms with Crippen molar-refractivity contribution in [1.29, 1.82) is 0 Å². The summed E-state index contributed by atoms with van der Waals surface area (Å²) in [5, 5.41) is 4.38. The summed E-state index contributed by atoms with van der Waals surface area (Å²) < 4.78 is 14.1. The summed E-state index contributed by atoms with van der Waals surface area (Å²) in [5.41, 5.74) is 1.80. The minimum atomic E-state index is -0.366. The van der Waals surface area contributed by atoms with Gasteiger partial charge in [0.2, 0.25) is 0 Å². The quantitative estimate of drug-likeness (QED) is 0.721. The van der Waals surface area contributed by atoms with E-state index in [1.807, 2.05) is 0 Å². The van der Waals surface area contributed by atoms with Crippen LogP contribution in [-0.2, 0) is 6.54 Å². The molecule has 2 aromatic rings. The number of halogens is 4. The van der Waals surface area contributed by atoms with E-state index in [9.17, 15) is 4.39 Å². The zero-order valence-electron chi connectivity index (χ0n) is 11.7. The molecule has 0 bridgehead atoms. The SMILES string of the molecule is CC(C)NCc1ccc(F)c(-c2c(Cl)cc(Cl)cc2Cl)c1. The maximum Gasteiger partial charge on any atom is 0.131 e. The molecule has 0 aromatic heterocycles. The van der Waals surface area contributed by atoms with Crippen LogP contribution in [0.5, 0.6) is 0 Å². The van der Waals surface area contributed by atoms with Gasteiger partial charge in [-0.2, -0.15) is 0 Å². The van der Waals surface area contributed by atoms with Gasteiger partial charge >= 0.3 is 0 Å². The van der Waals surface area contributed by atoms with Crippen LogP contribution in [0, 0.1) is 5.82 Å². The third kappa shape index (κ3) is 4.10. The van der Waals surface area contributed by atoms with Gasteiger partial charge in [0.1, 0.15) is 5.82 Å². The van der Waals surface area contributed by atoms with Crippen molar-refractivity contribution in [3.05, 3.63) is 56.8 Å². The summed E-state index contributed by atoms with van der Waals surface area (Å²) >= 11 is 18.2. The monoisotopic (exact) mass is 345 g/mol. The average molecular weight is 347 g/mol. The molecule has 1 N–H and O–H groups in total. The summed E-state index contributed by atoms with van der Waals surface area (Å²) in [6.07, 6.45) is 0. The maximum absolute atomic E-state index is 14.1. The number of rotatable bonds is 4. The number of hydrogen-bond donors (Lipinski definition) is 1. The molecule has 0 unspecified atom stereocenters. The highest BCUT2D eigenvalue weighted by atomic mass is 35.5.